The number of rotatable bonds is 6. The lowest BCUT2D eigenvalue weighted by atomic mass is 10.1. The minimum Gasteiger partial charge on any atom is -0.407 e. The minimum absolute atomic E-state index is 0.131. The van der Waals surface area contributed by atoms with Gasteiger partial charge in [0.05, 0.1) is 12.8 Å². The molecule has 0 unspecified atom stereocenters. The predicted molar refractivity (Wildman–Crippen MR) is 109 cm³/mol. The number of amides is 1. The van der Waals surface area contributed by atoms with Gasteiger partial charge in [-0.15, -0.1) is 5.10 Å². The summed E-state index contributed by atoms with van der Waals surface area (Å²) in [6.45, 7) is 2.12. The lowest BCUT2D eigenvalue weighted by Crippen LogP contribution is -2.14. The second kappa shape index (κ2) is 8.05. The number of fused-ring (bicyclic) bond motifs is 1. The summed E-state index contributed by atoms with van der Waals surface area (Å²) in [4.78, 5) is 12.3. The quantitative estimate of drug-likeness (QED) is 0.540. The van der Waals surface area contributed by atoms with Gasteiger partial charge in [-0.05, 0) is 33.9 Å². The van der Waals surface area contributed by atoms with Crippen LogP contribution in [0.25, 0.3) is 10.8 Å². The zero-order valence-corrected chi connectivity index (χ0v) is 15.7. The monoisotopic (exact) mass is 371 g/mol. The first-order valence-corrected chi connectivity index (χ1v) is 9.37. The van der Waals surface area contributed by atoms with Gasteiger partial charge in [0.2, 0.25) is 11.8 Å². The normalized spacial score (nSPS) is 10.9. The molecule has 5 heteroatoms. The van der Waals surface area contributed by atoms with E-state index in [9.17, 15) is 4.79 Å². The number of hydrogen-bond donors (Lipinski definition) is 1. The Hall–Kier alpha value is -3.47. The van der Waals surface area contributed by atoms with Gasteiger partial charge in [-0.3, -0.25) is 10.1 Å². The summed E-state index contributed by atoms with van der Waals surface area (Å²) < 4.78 is 5.57. The molecule has 1 N–H and O–H groups in total. The second-order valence-corrected chi connectivity index (χ2v) is 6.75. The Morgan fingerprint density at radius 2 is 1.61 bits per heavy atom. The molecule has 0 fully saturated rings. The van der Waals surface area contributed by atoms with E-state index >= 15 is 0 Å². The Bertz CT molecular complexity index is 1100. The zero-order chi connectivity index (χ0) is 19.3. The maximum absolute atomic E-state index is 12.3. The highest BCUT2D eigenvalue weighted by atomic mass is 16.4. The van der Waals surface area contributed by atoms with Crippen LogP contribution in [0.3, 0.4) is 0 Å². The molecule has 0 atom stereocenters. The van der Waals surface area contributed by atoms with Gasteiger partial charge in [-0.1, -0.05) is 78.8 Å². The van der Waals surface area contributed by atoms with Crippen LogP contribution < -0.4 is 5.32 Å². The van der Waals surface area contributed by atoms with E-state index in [1.54, 1.807) is 0 Å². The maximum Gasteiger partial charge on any atom is 0.322 e. The Labute approximate surface area is 163 Å². The highest BCUT2D eigenvalue weighted by molar-refractivity contribution is 5.91. The van der Waals surface area contributed by atoms with Crippen molar-refractivity contribution in [2.24, 2.45) is 0 Å². The molecule has 0 aliphatic heterocycles. The summed E-state index contributed by atoms with van der Waals surface area (Å²) in [6.07, 6.45) is 1.80. The third-order valence-corrected chi connectivity index (χ3v) is 4.68. The molecule has 0 aliphatic rings. The number of benzene rings is 3. The summed E-state index contributed by atoms with van der Waals surface area (Å²) in [5.41, 5.74) is 3.32. The minimum atomic E-state index is -0.183. The van der Waals surface area contributed by atoms with Gasteiger partial charge in [0.15, 0.2) is 0 Å². The molecule has 140 valence electrons. The van der Waals surface area contributed by atoms with Gasteiger partial charge in [0.25, 0.3) is 0 Å². The van der Waals surface area contributed by atoms with E-state index in [4.69, 9.17) is 4.42 Å². The smallest absolute Gasteiger partial charge is 0.322 e. The van der Waals surface area contributed by atoms with Crippen LogP contribution in [-0.2, 0) is 24.1 Å². The van der Waals surface area contributed by atoms with Gasteiger partial charge < -0.3 is 4.42 Å². The Morgan fingerprint density at radius 1 is 0.893 bits per heavy atom. The van der Waals surface area contributed by atoms with Crippen LogP contribution in [0, 0.1) is 0 Å². The van der Waals surface area contributed by atoms with E-state index in [0.29, 0.717) is 12.3 Å². The Kier molecular flexibility index (Phi) is 5.15. The fourth-order valence-corrected chi connectivity index (χ4v) is 3.14. The van der Waals surface area contributed by atoms with E-state index < -0.39 is 0 Å². The van der Waals surface area contributed by atoms with Crippen molar-refractivity contribution in [3.8, 4) is 0 Å². The van der Waals surface area contributed by atoms with Crippen LogP contribution in [0.2, 0.25) is 0 Å². The van der Waals surface area contributed by atoms with Crippen molar-refractivity contribution in [1.82, 2.24) is 10.2 Å². The molecule has 1 heterocycles. The Balaban J connectivity index is 1.37. The first-order valence-electron chi connectivity index (χ1n) is 9.37. The summed E-state index contributed by atoms with van der Waals surface area (Å²) in [6, 6.07) is 22.5. The second-order valence-electron chi connectivity index (χ2n) is 6.75. The van der Waals surface area contributed by atoms with E-state index in [1.807, 2.05) is 36.4 Å². The lowest BCUT2D eigenvalue weighted by Gasteiger charge is -2.03. The summed E-state index contributed by atoms with van der Waals surface area (Å²) in [5.74, 6) is 0.294. The number of aromatic nitrogens is 2. The van der Waals surface area contributed by atoms with Crippen LogP contribution in [0.5, 0.6) is 0 Å². The SMILES string of the molecule is CCc1ccc(Cc2nnc(NC(=O)Cc3ccc4ccccc4c3)o2)cc1. The van der Waals surface area contributed by atoms with Crippen molar-refractivity contribution in [2.75, 3.05) is 5.32 Å². The number of carbonyl (C=O) groups is 1. The number of nitrogens with one attached hydrogen (secondary N) is 1. The fraction of sp³-hybridized carbons (Fsp3) is 0.174. The standard InChI is InChI=1S/C23H21N3O2/c1-2-16-7-9-17(10-8-16)15-22-25-26-23(28-22)24-21(27)14-18-11-12-19-5-3-4-6-20(19)13-18/h3-13H,2,14-15H2,1H3,(H,24,26,27). The van der Waals surface area contributed by atoms with Gasteiger partial charge in [-0.25, -0.2) is 0 Å². The molecule has 28 heavy (non-hydrogen) atoms. The van der Waals surface area contributed by atoms with Crippen molar-refractivity contribution >= 4 is 22.7 Å². The van der Waals surface area contributed by atoms with Crippen LogP contribution in [0.4, 0.5) is 6.01 Å². The number of hydrogen-bond acceptors (Lipinski definition) is 4. The molecule has 1 amide bonds. The average Bonchev–Trinajstić information content (AvgIpc) is 3.15. The van der Waals surface area contributed by atoms with E-state index in [2.05, 4.69) is 52.8 Å². The number of carbonyl (C=O) groups excluding carboxylic acids is 1. The van der Waals surface area contributed by atoms with Gasteiger partial charge in [0.1, 0.15) is 0 Å². The molecule has 0 saturated carbocycles. The summed E-state index contributed by atoms with van der Waals surface area (Å²) >= 11 is 0. The molecule has 0 spiro atoms. The van der Waals surface area contributed by atoms with E-state index in [-0.39, 0.29) is 18.3 Å². The maximum atomic E-state index is 12.3. The number of anilines is 1. The van der Waals surface area contributed by atoms with Crippen molar-refractivity contribution in [3.05, 3.63) is 89.3 Å². The number of nitrogens with zero attached hydrogens (tertiary/aromatic N) is 2. The molecule has 4 aromatic rings. The zero-order valence-electron chi connectivity index (χ0n) is 15.7. The first kappa shape index (κ1) is 17.9. The van der Waals surface area contributed by atoms with Crippen molar-refractivity contribution in [2.45, 2.75) is 26.2 Å². The molecule has 1 aromatic heterocycles. The van der Waals surface area contributed by atoms with Crippen molar-refractivity contribution < 1.29 is 9.21 Å². The lowest BCUT2D eigenvalue weighted by molar-refractivity contribution is -0.115. The molecule has 0 saturated heterocycles. The molecule has 0 radical (unpaired) electrons. The highest BCUT2D eigenvalue weighted by Gasteiger charge is 2.11. The molecular formula is C23H21N3O2. The van der Waals surface area contributed by atoms with Gasteiger partial charge >= 0.3 is 6.01 Å². The average molecular weight is 371 g/mol. The van der Waals surface area contributed by atoms with Crippen molar-refractivity contribution in [3.63, 3.8) is 0 Å². The van der Waals surface area contributed by atoms with E-state index in [0.717, 1.165) is 28.3 Å². The van der Waals surface area contributed by atoms with Crippen molar-refractivity contribution in [1.29, 1.82) is 0 Å². The highest BCUT2D eigenvalue weighted by Crippen LogP contribution is 2.17. The summed E-state index contributed by atoms with van der Waals surface area (Å²) in [5, 5.41) is 12.9. The van der Waals surface area contributed by atoms with Crippen LogP contribution >= 0.6 is 0 Å². The molecular weight excluding hydrogens is 350 g/mol. The molecule has 0 aliphatic carbocycles. The molecule has 0 bridgehead atoms. The van der Waals surface area contributed by atoms with Crippen LogP contribution in [0.1, 0.15) is 29.5 Å². The Morgan fingerprint density at radius 3 is 2.39 bits per heavy atom. The van der Waals surface area contributed by atoms with Crippen LogP contribution in [-0.4, -0.2) is 16.1 Å². The fourth-order valence-electron chi connectivity index (χ4n) is 3.14. The van der Waals surface area contributed by atoms with E-state index in [1.165, 1.54) is 5.56 Å². The van der Waals surface area contributed by atoms with Gasteiger partial charge in [0, 0.05) is 0 Å². The third-order valence-electron chi connectivity index (χ3n) is 4.68. The number of aryl methyl sites for hydroxylation is 1. The van der Waals surface area contributed by atoms with Gasteiger partial charge in [-0.2, -0.15) is 0 Å². The third kappa shape index (κ3) is 4.26. The largest absolute Gasteiger partial charge is 0.407 e. The molecule has 3 aromatic carbocycles. The summed E-state index contributed by atoms with van der Waals surface area (Å²) in [7, 11) is 0. The predicted octanol–water partition coefficient (Wildman–Crippen LogP) is 4.56. The molecule has 4 rings (SSSR count). The first-order chi connectivity index (χ1) is 13.7. The molecule has 5 nitrogen and oxygen atoms in total. The topological polar surface area (TPSA) is 68.0 Å². The van der Waals surface area contributed by atoms with Crippen LogP contribution in [0.15, 0.2) is 71.1 Å².